The molecule has 0 spiro atoms. The van der Waals surface area contributed by atoms with Crippen molar-refractivity contribution in [2.75, 3.05) is 39.0 Å². The Morgan fingerprint density at radius 3 is 2.63 bits per heavy atom. The summed E-state index contributed by atoms with van der Waals surface area (Å²) in [6, 6.07) is 8.01. The number of likely N-dealkylation sites (N-methyl/N-ethyl adjacent to an activating group) is 1. The van der Waals surface area contributed by atoms with Crippen LogP contribution in [0.2, 0.25) is 0 Å². The summed E-state index contributed by atoms with van der Waals surface area (Å²) in [7, 11) is 2.18. The topological polar surface area (TPSA) is 36.8 Å². The highest BCUT2D eigenvalue weighted by atomic mass is 79.9. The summed E-state index contributed by atoms with van der Waals surface area (Å²) >= 11 is 4.96. The number of piperazine rings is 1. The Bertz CT molecular complexity index is 418. The van der Waals surface area contributed by atoms with Crippen molar-refractivity contribution in [3.8, 4) is 0 Å². The standard InChI is InChI=1S/C13H18BrN3OS/c1-16-6-8-17(9-7-16)15-13(18)10-19-12-4-2-11(14)3-5-12/h2-5H,6-10H2,1H3,(H,15,18)/p+1. The largest absolute Gasteiger partial charge is 0.335 e. The summed E-state index contributed by atoms with van der Waals surface area (Å²) in [5, 5.41) is 2.03. The zero-order valence-corrected chi connectivity index (χ0v) is 13.4. The molecule has 0 saturated carbocycles. The van der Waals surface area contributed by atoms with E-state index in [0.29, 0.717) is 5.75 Å². The number of thioether (sulfide) groups is 1. The van der Waals surface area contributed by atoms with Crippen molar-refractivity contribution in [3.05, 3.63) is 28.7 Å². The van der Waals surface area contributed by atoms with E-state index in [1.165, 1.54) is 4.90 Å². The molecule has 1 fully saturated rings. The van der Waals surface area contributed by atoms with E-state index in [2.05, 4.69) is 28.4 Å². The van der Waals surface area contributed by atoms with Gasteiger partial charge in [-0.15, -0.1) is 11.8 Å². The number of hydrazine groups is 1. The van der Waals surface area contributed by atoms with E-state index in [4.69, 9.17) is 0 Å². The maximum absolute atomic E-state index is 11.8. The lowest BCUT2D eigenvalue weighted by Crippen LogP contribution is -3.12. The smallest absolute Gasteiger partial charge is 0.244 e. The number of rotatable bonds is 4. The number of halogens is 1. The Balaban J connectivity index is 1.71. The maximum Gasteiger partial charge on any atom is 0.244 e. The fourth-order valence-electron chi connectivity index (χ4n) is 1.89. The Morgan fingerprint density at radius 2 is 2.00 bits per heavy atom. The molecule has 0 bridgehead atoms. The van der Waals surface area contributed by atoms with E-state index in [9.17, 15) is 4.79 Å². The number of quaternary nitrogens is 1. The lowest BCUT2D eigenvalue weighted by atomic mass is 10.4. The van der Waals surface area contributed by atoms with Gasteiger partial charge in [0.05, 0.1) is 39.0 Å². The van der Waals surface area contributed by atoms with Crippen LogP contribution in [0.4, 0.5) is 0 Å². The third-order valence-corrected chi connectivity index (χ3v) is 4.62. The van der Waals surface area contributed by atoms with E-state index >= 15 is 0 Å². The number of hydrogen-bond acceptors (Lipinski definition) is 3. The van der Waals surface area contributed by atoms with Crippen LogP contribution in [-0.2, 0) is 4.79 Å². The normalized spacial score (nSPS) is 17.4. The van der Waals surface area contributed by atoms with Gasteiger partial charge in [0.25, 0.3) is 0 Å². The zero-order chi connectivity index (χ0) is 13.7. The minimum absolute atomic E-state index is 0.0764. The highest BCUT2D eigenvalue weighted by molar-refractivity contribution is 9.10. The number of amides is 1. The summed E-state index contributed by atoms with van der Waals surface area (Å²) in [6.07, 6.45) is 0. The third-order valence-electron chi connectivity index (χ3n) is 3.08. The Labute approximate surface area is 126 Å². The molecule has 19 heavy (non-hydrogen) atoms. The Kier molecular flexibility index (Phi) is 5.69. The lowest BCUT2D eigenvalue weighted by molar-refractivity contribution is -0.884. The highest BCUT2D eigenvalue weighted by Gasteiger charge is 2.17. The van der Waals surface area contributed by atoms with Gasteiger partial charge in [-0.25, -0.2) is 5.01 Å². The summed E-state index contributed by atoms with van der Waals surface area (Å²) in [6.45, 7) is 4.03. The molecule has 0 aliphatic carbocycles. The summed E-state index contributed by atoms with van der Waals surface area (Å²) in [5.41, 5.74) is 2.97. The van der Waals surface area contributed by atoms with Crippen LogP contribution < -0.4 is 10.3 Å². The molecule has 0 aromatic heterocycles. The quantitative estimate of drug-likeness (QED) is 0.776. The van der Waals surface area contributed by atoms with Gasteiger partial charge >= 0.3 is 0 Å². The predicted molar refractivity (Wildman–Crippen MR) is 81.2 cm³/mol. The molecule has 0 atom stereocenters. The van der Waals surface area contributed by atoms with Crippen molar-refractivity contribution in [1.82, 2.24) is 10.4 Å². The van der Waals surface area contributed by atoms with E-state index in [-0.39, 0.29) is 5.91 Å². The van der Waals surface area contributed by atoms with Crippen LogP contribution in [0.15, 0.2) is 33.6 Å². The van der Waals surface area contributed by atoms with Gasteiger partial charge in [0.1, 0.15) is 0 Å². The molecule has 104 valence electrons. The van der Waals surface area contributed by atoms with E-state index in [1.54, 1.807) is 11.8 Å². The van der Waals surface area contributed by atoms with Gasteiger partial charge in [-0.3, -0.25) is 10.2 Å². The summed E-state index contributed by atoms with van der Waals surface area (Å²) < 4.78 is 1.06. The predicted octanol–water partition coefficient (Wildman–Crippen LogP) is 0.403. The van der Waals surface area contributed by atoms with Crippen LogP contribution in [0.25, 0.3) is 0 Å². The molecule has 0 radical (unpaired) electrons. The Morgan fingerprint density at radius 1 is 1.37 bits per heavy atom. The number of carbonyl (C=O) groups is 1. The van der Waals surface area contributed by atoms with Crippen molar-refractivity contribution in [3.63, 3.8) is 0 Å². The van der Waals surface area contributed by atoms with E-state index in [0.717, 1.165) is 35.5 Å². The van der Waals surface area contributed by atoms with Crippen LogP contribution in [0.5, 0.6) is 0 Å². The first-order valence-electron chi connectivity index (χ1n) is 6.37. The number of nitrogens with zero attached hydrogens (tertiary/aromatic N) is 1. The second-order valence-corrected chi connectivity index (χ2v) is 6.69. The van der Waals surface area contributed by atoms with Crippen LogP contribution in [-0.4, -0.2) is 49.9 Å². The van der Waals surface area contributed by atoms with Crippen molar-refractivity contribution >= 4 is 33.6 Å². The number of hydrogen-bond donors (Lipinski definition) is 2. The number of nitrogens with one attached hydrogen (secondary N) is 2. The van der Waals surface area contributed by atoms with Gasteiger partial charge in [0.15, 0.2) is 0 Å². The van der Waals surface area contributed by atoms with Crippen molar-refractivity contribution in [1.29, 1.82) is 0 Å². The van der Waals surface area contributed by atoms with Crippen molar-refractivity contribution in [2.24, 2.45) is 0 Å². The first-order valence-corrected chi connectivity index (χ1v) is 8.15. The van der Waals surface area contributed by atoms with E-state index < -0.39 is 0 Å². The van der Waals surface area contributed by atoms with Crippen molar-refractivity contribution in [2.45, 2.75) is 4.90 Å². The first kappa shape index (κ1) is 14.8. The van der Waals surface area contributed by atoms with E-state index in [1.807, 2.05) is 29.3 Å². The van der Waals surface area contributed by atoms with Gasteiger partial charge in [0, 0.05) is 9.37 Å². The highest BCUT2D eigenvalue weighted by Crippen LogP contribution is 2.20. The van der Waals surface area contributed by atoms with Gasteiger partial charge in [-0.1, -0.05) is 15.9 Å². The average molecular weight is 345 g/mol. The molecule has 0 unspecified atom stereocenters. The molecule has 4 nitrogen and oxygen atoms in total. The second-order valence-electron chi connectivity index (χ2n) is 4.72. The number of benzene rings is 1. The molecule has 1 saturated heterocycles. The molecular formula is C13H19BrN3OS+. The van der Waals surface area contributed by atoms with Crippen molar-refractivity contribution < 1.29 is 9.69 Å². The minimum atomic E-state index is 0.0764. The monoisotopic (exact) mass is 344 g/mol. The summed E-state index contributed by atoms with van der Waals surface area (Å²) in [5.74, 6) is 0.536. The molecular weight excluding hydrogens is 326 g/mol. The molecule has 2 rings (SSSR count). The Hall–Kier alpha value is -0.560. The molecule has 1 aromatic rings. The van der Waals surface area contributed by atoms with Gasteiger partial charge in [-0.05, 0) is 24.3 Å². The number of carbonyl (C=O) groups excluding carboxylic acids is 1. The molecule has 1 aliphatic rings. The van der Waals surface area contributed by atoms with Gasteiger partial charge in [-0.2, -0.15) is 0 Å². The molecule has 6 heteroatoms. The molecule has 1 heterocycles. The van der Waals surface area contributed by atoms with Gasteiger partial charge in [0.2, 0.25) is 5.91 Å². The molecule has 1 amide bonds. The van der Waals surface area contributed by atoms with Crippen LogP contribution in [0.3, 0.4) is 0 Å². The second kappa shape index (κ2) is 7.28. The summed E-state index contributed by atoms with van der Waals surface area (Å²) in [4.78, 5) is 14.5. The third kappa shape index (κ3) is 5.14. The first-order chi connectivity index (χ1) is 9.13. The molecule has 2 N–H and O–H groups in total. The SMILES string of the molecule is C[NH+]1CCN(NC(=O)CSc2ccc(Br)cc2)CC1. The van der Waals surface area contributed by atoms with Crippen LogP contribution in [0.1, 0.15) is 0 Å². The van der Waals surface area contributed by atoms with Gasteiger partial charge < -0.3 is 4.90 Å². The molecule has 1 aliphatic heterocycles. The fraction of sp³-hybridized carbons (Fsp3) is 0.462. The molecule has 1 aromatic carbocycles. The zero-order valence-electron chi connectivity index (χ0n) is 11.0. The van der Waals surface area contributed by atoms with Crippen LogP contribution >= 0.6 is 27.7 Å². The minimum Gasteiger partial charge on any atom is -0.335 e. The van der Waals surface area contributed by atoms with Crippen LogP contribution in [0, 0.1) is 0 Å². The average Bonchev–Trinajstić information content (AvgIpc) is 2.41. The maximum atomic E-state index is 11.8. The fourth-order valence-corrected chi connectivity index (χ4v) is 2.84. The lowest BCUT2D eigenvalue weighted by Gasteiger charge is -2.30.